The van der Waals surface area contributed by atoms with Gasteiger partial charge in [0.05, 0.1) is 13.1 Å². The third-order valence-corrected chi connectivity index (χ3v) is 1.98. The second kappa shape index (κ2) is 5.80. The first kappa shape index (κ1) is 12.1. The highest BCUT2D eigenvalue weighted by Crippen LogP contribution is 2.18. The van der Waals surface area contributed by atoms with Gasteiger partial charge in [0.2, 0.25) is 0 Å². The summed E-state index contributed by atoms with van der Waals surface area (Å²) in [7, 11) is 1.55. The van der Waals surface area contributed by atoms with E-state index in [2.05, 4.69) is 6.58 Å². The van der Waals surface area contributed by atoms with Crippen molar-refractivity contribution < 1.29 is 19.4 Å². The van der Waals surface area contributed by atoms with Crippen molar-refractivity contribution in [2.24, 2.45) is 0 Å². The number of rotatable bonds is 6. The van der Waals surface area contributed by atoms with Gasteiger partial charge in [-0.05, 0) is 24.3 Å². The SMILES string of the molecule is C=CCC(Oc1ccc(OC)cc1)C(=O)[O-]. The van der Waals surface area contributed by atoms with Gasteiger partial charge in [0, 0.05) is 6.42 Å². The normalized spacial score (nSPS) is 11.6. The summed E-state index contributed by atoms with van der Waals surface area (Å²) >= 11 is 0. The average Bonchev–Trinajstić information content (AvgIpc) is 2.29. The number of carbonyl (C=O) groups is 1. The van der Waals surface area contributed by atoms with Gasteiger partial charge in [-0.1, -0.05) is 6.08 Å². The first-order chi connectivity index (χ1) is 7.67. The molecule has 0 bridgehead atoms. The van der Waals surface area contributed by atoms with E-state index in [0.717, 1.165) is 0 Å². The maximum atomic E-state index is 10.7. The maximum absolute atomic E-state index is 10.7. The minimum atomic E-state index is -1.25. The number of benzene rings is 1. The van der Waals surface area contributed by atoms with E-state index in [0.29, 0.717) is 11.5 Å². The summed E-state index contributed by atoms with van der Waals surface area (Å²) in [5.41, 5.74) is 0. The first-order valence-electron chi connectivity index (χ1n) is 4.80. The molecule has 0 aliphatic heterocycles. The summed E-state index contributed by atoms with van der Waals surface area (Å²) < 4.78 is 10.2. The number of carboxylic acids is 1. The molecule has 1 unspecified atom stereocenters. The second-order valence-corrected chi connectivity index (χ2v) is 3.13. The van der Waals surface area contributed by atoms with Crippen LogP contribution >= 0.6 is 0 Å². The molecule has 0 N–H and O–H groups in total. The van der Waals surface area contributed by atoms with E-state index in [1.165, 1.54) is 6.08 Å². The van der Waals surface area contributed by atoms with Crippen LogP contribution < -0.4 is 14.6 Å². The zero-order chi connectivity index (χ0) is 12.0. The van der Waals surface area contributed by atoms with Crippen LogP contribution in [0.5, 0.6) is 11.5 Å². The van der Waals surface area contributed by atoms with Gasteiger partial charge in [0.25, 0.3) is 0 Å². The van der Waals surface area contributed by atoms with Crippen LogP contribution in [-0.2, 0) is 4.79 Å². The van der Waals surface area contributed by atoms with E-state index in [1.54, 1.807) is 31.4 Å². The smallest absolute Gasteiger partial charge is 0.141 e. The Balaban J connectivity index is 2.69. The molecule has 0 heterocycles. The van der Waals surface area contributed by atoms with Gasteiger partial charge in [0.1, 0.15) is 17.6 Å². The molecule has 4 heteroatoms. The first-order valence-corrected chi connectivity index (χ1v) is 4.80. The Hall–Kier alpha value is -1.97. The van der Waals surface area contributed by atoms with Crippen LogP contribution in [0.15, 0.2) is 36.9 Å². The van der Waals surface area contributed by atoms with Gasteiger partial charge in [-0.15, -0.1) is 6.58 Å². The summed E-state index contributed by atoms with van der Waals surface area (Å²) in [6, 6.07) is 6.65. The van der Waals surface area contributed by atoms with Crippen LogP contribution in [0.2, 0.25) is 0 Å². The Kier molecular flexibility index (Phi) is 4.39. The zero-order valence-corrected chi connectivity index (χ0v) is 9.01. The van der Waals surface area contributed by atoms with Crippen LogP contribution in [-0.4, -0.2) is 19.2 Å². The van der Waals surface area contributed by atoms with E-state index in [-0.39, 0.29) is 6.42 Å². The number of hydrogen-bond acceptors (Lipinski definition) is 4. The predicted molar refractivity (Wildman–Crippen MR) is 57.2 cm³/mol. The molecule has 0 saturated carbocycles. The summed E-state index contributed by atoms with van der Waals surface area (Å²) in [5, 5.41) is 10.7. The van der Waals surface area contributed by atoms with E-state index in [1.807, 2.05) is 0 Å². The Morgan fingerprint density at radius 1 is 1.44 bits per heavy atom. The Bertz CT molecular complexity index is 356. The topological polar surface area (TPSA) is 58.6 Å². The molecular formula is C12H13O4-. The molecule has 0 aliphatic rings. The molecule has 16 heavy (non-hydrogen) atoms. The molecule has 1 rings (SSSR count). The van der Waals surface area contributed by atoms with Crippen LogP contribution in [0.25, 0.3) is 0 Å². The van der Waals surface area contributed by atoms with Gasteiger partial charge in [-0.25, -0.2) is 0 Å². The van der Waals surface area contributed by atoms with E-state index >= 15 is 0 Å². The lowest BCUT2D eigenvalue weighted by molar-refractivity contribution is -0.313. The molecule has 0 aliphatic carbocycles. The molecule has 0 spiro atoms. The molecule has 1 aromatic carbocycles. The van der Waals surface area contributed by atoms with Crippen LogP contribution in [0.4, 0.5) is 0 Å². The molecule has 1 aromatic rings. The number of carbonyl (C=O) groups excluding carboxylic acids is 1. The number of ether oxygens (including phenoxy) is 2. The van der Waals surface area contributed by atoms with Crippen molar-refractivity contribution in [3.63, 3.8) is 0 Å². The average molecular weight is 221 g/mol. The highest BCUT2D eigenvalue weighted by Gasteiger charge is 2.09. The summed E-state index contributed by atoms with van der Waals surface area (Å²) in [6.45, 7) is 3.46. The van der Waals surface area contributed by atoms with E-state index in [9.17, 15) is 9.90 Å². The highest BCUT2D eigenvalue weighted by atomic mass is 16.5. The molecule has 0 radical (unpaired) electrons. The molecular weight excluding hydrogens is 208 g/mol. The van der Waals surface area contributed by atoms with Crippen molar-refractivity contribution in [1.82, 2.24) is 0 Å². The lowest BCUT2D eigenvalue weighted by Gasteiger charge is -2.18. The van der Waals surface area contributed by atoms with Crippen LogP contribution in [0.1, 0.15) is 6.42 Å². The fraction of sp³-hybridized carbons (Fsp3) is 0.250. The number of aliphatic carboxylic acids is 1. The standard InChI is InChI=1S/C12H14O4/c1-3-4-11(12(13)14)16-10-7-5-9(15-2)6-8-10/h3,5-8,11H,1,4H2,2H3,(H,13,14)/p-1. The van der Waals surface area contributed by atoms with Gasteiger partial charge >= 0.3 is 0 Å². The van der Waals surface area contributed by atoms with E-state index in [4.69, 9.17) is 9.47 Å². The summed E-state index contributed by atoms with van der Waals surface area (Å²) in [4.78, 5) is 10.7. The van der Waals surface area contributed by atoms with Crippen molar-refractivity contribution in [3.05, 3.63) is 36.9 Å². The summed E-state index contributed by atoms with van der Waals surface area (Å²) in [6.07, 6.45) is 0.670. The van der Waals surface area contributed by atoms with Crippen LogP contribution in [0, 0.1) is 0 Å². The van der Waals surface area contributed by atoms with Crippen molar-refractivity contribution in [2.75, 3.05) is 7.11 Å². The monoisotopic (exact) mass is 221 g/mol. The van der Waals surface area contributed by atoms with Gasteiger partial charge in [-0.3, -0.25) is 0 Å². The lowest BCUT2D eigenvalue weighted by Crippen LogP contribution is -2.39. The minimum absolute atomic E-state index is 0.203. The molecule has 86 valence electrons. The predicted octanol–water partition coefficient (Wildman–Crippen LogP) is 0.769. The van der Waals surface area contributed by atoms with Crippen LogP contribution in [0.3, 0.4) is 0 Å². The molecule has 0 fully saturated rings. The van der Waals surface area contributed by atoms with Crippen molar-refractivity contribution in [1.29, 1.82) is 0 Å². The molecule has 1 atom stereocenters. The number of carboxylic acid groups (broad SMARTS) is 1. The molecule has 0 amide bonds. The number of methoxy groups -OCH3 is 1. The third-order valence-electron chi connectivity index (χ3n) is 1.98. The highest BCUT2D eigenvalue weighted by molar-refractivity contribution is 5.70. The van der Waals surface area contributed by atoms with Crippen molar-refractivity contribution >= 4 is 5.97 Å². The molecule has 0 aromatic heterocycles. The fourth-order valence-electron chi connectivity index (χ4n) is 1.16. The van der Waals surface area contributed by atoms with E-state index < -0.39 is 12.1 Å². The van der Waals surface area contributed by atoms with Gasteiger partial charge in [0.15, 0.2) is 0 Å². The second-order valence-electron chi connectivity index (χ2n) is 3.13. The maximum Gasteiger partial charge on any atom is 0.141 e. The Morgan fingerprint density at radius 3 is 2.44 bits per heavy atom. The lowest BCUT2D eigenvalue weighted by atomic mass is 10.2. The fourth-order valence-corrected chi connectivity index (χ4v) is 1.16. The van der Waals surface area contributed by atoms with Crippen molar-refractivity contribution in [2.45, 2.75) is 12.5 Å². The van der Waals surface area contributed by atoms with Crippen molar-refractivity contribution in [3.8, 4) is 11.5 Å². The zero-order valence-electron chi connectivity index (χ0n) is 9.01. The number of hydrogen-bond donors (Lipinski definition) is 0. The summed E-state index contributed by atoms with van der Waals surface area (Å²) in [5.74, 6) is -0.117. The molecule has 4 nitrogen and oxygen atoms in total. The quantitative estimate of drug-likeness (QED) is 0.666. The largest absolute Gasteiger partial charge is 0.546 e. The van der Waals surface area contributed by atoms with Gasteiger partial charge in [-0.2, -0.15) is 0 Å². The van der Waals surface area contributed by atoms with Gasteiger partial charge < -0.3 is 19.4 Å². The Labute approximate surface area is 94.1 Å². The third kappa shape index (κ3) is 3.31. The minimum Gasteiger partial charge on any atom is -0.546 e. The Morgan fingerprint density at radius 2 is 2.00 bits per heavy atom. The molecule has 0 saturated heterocycles.